The van der Waals surface area contributed by atoms with Gasteiger partial charge in [-0.3, -0.25) is 14.7 Å². The quantitative estimate of drug-likeness (QED) is 0.832. The van der Waals surface area contributed by atoms with Gasteiger partial charge in [-0.1, -0.05) is 5.16 Å². The smallest absolute Gasteiger partial charge is 0.276 e. The van der Waals surface area contributed by atoms with Gasteiger partial charge in [0, 0.05) is 50.6 Å². The zero-order valence-corrected chi connectivity index (χ0v) is 14.6. The minimum atomic E-state index is -0.0532. The van der Waals surface area contributed by atoms with E-state index in [1.54, 1.807) is 0 Å². The SMILES string of the molecule is O=C(c1cc(C2CC2)on1)N1CC2OCCN(Cc3ccncc3)C2C1. The van der Waals surface area contributed by atoms with Gasteiger partial charge in [-0.25, -0.2) is 0 Å². The number of carbonyl (C=O) groups excluding carboxylic acids is 1. The third-order valence-corrected chi connectivity index (χ3v) is 5.57. The summed E-state index contributed by atoms with van der Waals surface area (Å²) in [6.07, 6.45) is 5.96. The molecule has 7 heteroatoms. The van der Waals surface area contributed by atoms with E-state index in [2.05, 4.69) is 15.0 Å². The molecule has 2 aliphatic heterocycles. The lowest BCUT2D eigenvalue weighted by Crippen LogP contribution is -2.50. The number of amides is 1. The maximum absolute atomic E-state index is 12.8. The van der Waals surface area contributed by atoms with Crippen LogP contribution in [0.5, 0.6) is 0 Å². The predicted octanol–water partition coefficient (Wildman–Crippen LogP) is 1.67. The van der Waals surface area contributed by atoms with Crippen LogP contribution in [0, 0.1) is 0 Å². The highest BCUT2D eigenvalue weighted by Gasteiger charge is 2.42. The fourth-order valence-corrected chi connectivity index (χ4v) is 3.96. The van der Waals surface area contributed by atoms with E-state index in [1.807, 2.05) is 35.5 Å². The maximum atomic E-state index is 12.8. The highest BCUT2D eigenvalue weighted by Crippen LogP contribution is 2.40. The van der Waals surface area contributed by atoms with Crippen LogP contribution in [0.1, 0.15) is 40.6 Å². The van der Waals surface area contributed by atoms with Crippen LogP contribution in [0.2, 0.25) is 0 Å². The first kappa shape index (κ1) is 16.0. The molecule has 2 aromatic rings. The molecule has 1 amide bonds. The summed E-state index contributed by atoms with van der Waals surface area (Å²) in [5.74, 6) is 1.26. The molecule has 0 aromatic carbocycles. The van der Waals surface area contributed by atoms with Gasteiger partial charge in [-0.2, -0.15) is 0 Å². The van der Waals surface area contributed by atoms with Gasteiger partial charge in [0.2, 0.25) is 0 Å². The van der Waals surface area contributed by atoms with E-state index in [0.29, 0.717) is 31.3 Å². The zero-order valence-electron chi connectivity index (χ0n) is 14.6. The topological polar surface area (TPSA) is 71.7 Å². The van der Waals surface area contributed by atoms with Crippen LogP contribution in [0.3, 0.4) is 0 Å². The molecule has 3 aliphatic rings. The van der Waals surface area contributed by atoms with Crippen molar-refractivity contribution in [2.24, 2.45) is 0 Å². The number of hydrogen-bond acceptors (Lipinski definition) is 6. The van der Waals surface area contributed by atoms with E-state index in [9.17, 15) is 4.79 Å². The Bertz CT molecular complexity index is 789. The van der Waals surface area contributed by atoms with Crippen molar-refractivity contribution in [2.45, 2.75) is 37.5 Å². The van der Waals surface area contributed by atoms with Gasteiger partial charge in [-0.15, -0.1) is 0 Å². The van der Waals surface area contributed by atoms with Crippen LogP contribution in [0.25, 0.3) is 0 Å². The molecular weight excluding hydrogens is 332 g/mol. The molecule has 2 saturated heterocycles. The second-order valence-electron chi connectivity index (χ2n) is 7.40. The number of nitrogens with zero attached hydrogens (tertiary/aromatic N) is 4. The molecule has 2 aromatic heterocycles. The van der Waals surface area contributed by atoms with Gasteiger partial charge in [0.05, 0.1) is 18.8 Å². The number of fused-ring (bicyclic) bond motifs is 1. The Kier molecular flexibility index (Phi) is 3.98. The molecule has 1 saturated carbocycles. The Morgan fingerprint density at radius 2 is 2.08 bits per heavy atom. The van der Waals surface area contributed by atoms with Crippen molar-refractivity contribution < 1.29 is 14.1 Å². The van der Waals surface area contributed by atoms with Crippen molar-refractivity contribution in [2.75, 3.05) is 26.2 Å². The minimum absolute atomic E-state index is 0.0532. The zero-order chi connectivity index (χ0) is 17.5. The first-order valence-corrected chi connectivity index (χ1v) is 9.28. The number of ether oxygens (including phenoxy) is 1. The molecule has 0 radical (unpaired) electrons. The maximum Gasteiger partial charge on any atom is 0.276 e. The molecule has 3 fully saturated rings. The molecule has 7 nitrogen and oxygen atoms in total. The molecular formula is C19H22N4O3. The lowest BCUT2D eigenvalue weighted by Gasteiger charge is -2.36. The summed E-state index contributed by atoms with van der Waals surface area (Å²) in [5, 5.41) is 4.00. The van der Waals surface area contributed by atoms with Gasteiger partial charge in [-0.05, 0) is 30.5 Å². The summed E-state index contributed by atoms with van der Waals surface area (Å²) in [6, 6.07) is 6.11. The average molecular weight is 354 g/mol. The van der Waals surface area contributed by atoms with Crippen molar-refractivity contribution in [3.63, 3.8) is 0 Å². The summed E-state index contributed by atoms with van der Waals surface area (Å²) in [6.45, 7) is 3.71. The molecule has 5 rings (SSSR count). The van der Waals surface area contributed by atoms with Gasteiger partial charge < -0.3 is 14.2 Å². The molecule has 136 valence electrons. The van der Waals surface area contributed by atoms with E-state index in [1.165, 1.54) is 5.56 Å². The van der Waals surface area contributed by atoms with Gasteiger partial charge >= 0.3 is 0 Å². The third-order valence-electron chi connectivity index (χ3n) is 5.57. The third kappa shape index (κ3) is 3.01. The summed E-state index contributed by atoms with van der Waals surface area (Å²) in [4.78, 5) is 21.2. The van der Waals surface area contributed by atoms with Crippen molar-refractivity contribution in [3.8, 4) is 0 Å². The molecule has 0 spiro atoms. The van der Waals surface area contributed by atoms with Gasteiger partial charge in [0.15, 0.2) is 5.69 Å². The first-order chi connectivity index (χ1) is 12.8. The summed E-state index contributed by atoms with van der Waals surface area (Å²) in [5.41, 5.74) is 1.65. The standard InChI is InChI=1S/C19H22N4O3/c24-19(15-9-17(26-21-15)14-1-2-14)23-11-16-18(12-23)25-8-7-22(16)10-13-3-5-20-6-4-13/h3-6,9,14,16,18H,1-2,7-8,10-12H2. The minimum Gasteiger partial charge on any atom is -0.373 e. The Morgan fingerprint density at radius 3 is 2.88 bits per heavy atom. The first-order valence-electron chi connectivity index (χ1n) is 9.28. The van der Waals surface area contributed by atoms with Gasteiger partial charge in [0.1, 0.15) is 5.76 Å². The fraction of sp³-hybridized carbons (Fsp3) is 0.526. The van der Waals surface area contributed by atoms with E-state index in [0.717, 1.165) is 31.7 Å². The van der Waals surface area contributed by atoms with Gasteiger partial charge in [0.25, 0.3) is 5.91 Å². The highest BCUT2D eigenvalue weighted by atomic mass is 16.5. The monoisotopic (exact) mass is 354 g/mol. The van der Waals surface area contributed by atoms with Crippen LogP contribution in [0.15, 0.2) is 35.1 Å². The van der Waals surface area contributed by atoms with Crippen molar-refractivity contribution >= 4 is 5.91 Å². The Balaban J connectivity index is 1.28. The number of likely N-dealkylation sites (tertiary alicyclic amines) is 1. The van der Waals surface area contributed by atoms with E-state index in [4.69, 9.17) is 9.26 Å². The van der Waals surface area contributed by atoms with E-state index >= 15 is 0 Å². The lowest BCUT2D eigenvalue weighted by atomic mass is 10.1. The largest absolute Gasteiger partial charge is 0.373 e. The number of carbonyl (C=O) groups is 1. The molecule has 0 bridgehead atoms. The number of pyridine rings is 1. The predicted molar refractivity (Wildman–Crippen MR) is 92.6 cm³/mol. The number of morpholine rings is 1. The van der Waals surface area contributed by atoms with Crippen LogP contribution in [0.4, 0.5) is 0 Å². The van der Waals surface area contributed by atoms with Crippen LogP contribution >= 0.6 is 0 Å². The van der Waals surface area contributed by atoms with Crippen LogP contribution < -0.4 is 0 Å². The Labute approximate surface area is 151 Å². The normalized spacial score (nSPS) is 26.1. The number of hydrogen-bond donors (Lipinski definition) is 0. The van der Waals surface area contributed by atoms with E-state index in [-0.39, 0.29) is 18.1 Å². The Morgan fingerprint density at radius 1 is 1.23 bits per heavy atom. The lowest BCUT2D eigenvalue weighted by molar-refractivity contribution is -0.0503. The number of rotatable bonds is 4. The fourth-order valence-electron chi connectivity index (χ4n) is 3.96. The van der Waals surface area contributed by atoms with Crippen LogP contribution in [-0.2, 0) is 11.3 Å². The summed E-state index contributed by atoms with van der Waals surface area (Å²) >= 11 is 0. The molecule has 1 aliphatic carbocycles. The second kappa shape index (κ2) is 6.48. The highest BCUT2D eigenvalue weighted by molar-refractivity contribution is 5.92. The Hall–Kier alpha value is -2.25. The molecule has 0 N–H and O–H groups in total. The average Bonchev–Trinajstić information content (AvgIpc) is 3.23. The molecule has 26 heavy (non-hydrogen) atoms. The van der Waals surface area contributed by atoms with Crippen molar-refractivity contribution in [1.29, 1.82) is 0 Å². The summed E-state index contributed by atoms with van der Waals surface area (Å²) in [7, 11) is 0. The second-order valence-corrected chi connectivity index (χ2v) is 7.40. The van der Waals surface area contributed by atoms with Crippen molar-refractivity contribution in [3.05, 3.63) is 47.6 Å². The van der Waals surface area contributed by atoms with E-state index < -0.39 is 0 Å². The molecule has 2 atom stereocenters. The molecule has 4 heterocycles. The summed E-state index contributed by atoms with van der Waals surface area (Å²) < 4.78 is 11.3. The molecule has 2 unspecified atom stereocenters. The van der Waals surface area contributed by atoms with Crippen LogP contribution in [-0.4, -0.2) is 64.2 Å². The number of aromatic nitrogens is 2. The van der Waals surface area contributed by atoms with Crippen molar-refractivity contribution in [1.82, 2.24) is 19.9 Å².